The minimum Gasteiger partial charge on any atom is -0.388 e. The molecule has 0 unspecified atom stereocenters. The van der Waals surface area contributed by atoms with Crippen molar-refractivity contribution in [3.8, 4) is 0 Å². The Kier molecular flexibility index (Phi) is 9.74. The second-order valence-electron chi connectivity index (χ2n) is 8.05. The minimum absolute atomic E-state index is 0.126. The monoisotopic (exact) mass is 498 g/mol. The van der Waals surface area contributed by atoms with E-state index in [0.29, 0.717) is 5.56 Å². The molecule has 0 saturated carbocycles. The van der Waals surface area contributed by atoms with Gasteiger partial charge in [-0.25, -0.2) is 4.98 Å². The molecule has 1 heterocycles. The SMILES string of the molecule is COCC[C@@H](NC(=O)c1ccccc1)[C@@H](O)[C@H](O)[C@H](Cc1ccccc1)NC(=O)c1csc(N)n1. The molecule has 2 amide bonds. The van der Waals surface area contributed by atoms with Crippen LogP contribution in [0.1, 0.15) is 32.8 Å². The number of aliphatic hydroxyl groups excluding tert-OH is 2. The number of nitrogens with zero attached hydrogens (tertiary/aromatic N) is 1. The number of amides is 2. The zero-order valence-electron chi connectivity index (χ0n) is 19.3. The van der Waals surface area contributed by atoms with Crippen molar-refractivity contribution in [1.82, 2.24) is 15.6 Å². The van der Waals surface area contributed by atoms with Crippen LogP contribution in [0.15, 0.2) is 66.0 Å². The van der Waals surface area contributed by atoms with E-state index in [1.165, 1.54) is 12.5 Å². The van der Waals surface area contributed by atoms with Crippen molar-refractivity contribution in [3.63, 3.8) is 0 Å². The summed E-state index contributed by atoms with van der Waals surface area (Å²) in [5.41, 5.74) is 7.04. The van der Waals surface area contributed by atoms with Gasteiger partial charge in [0.2, 0.25) is 0 Å². The van der Waals surface area contributed by atoms with Gasteiger partial charge in [-0.1, -0.05) is 48.5 Å². The van der Waals surface area contributed by atoms with Gasteiger partial charge in [-0.15, -0.1) is 11.3 Å². The molecule has 0 aliphatic carbocycles. The van der Waals surface area contributed by atoms with Crippen molar-refractivity contribution >= 4 is 28.3 Å². The fraction of sp³-hybridized carbons (Fsp3) is 0.320. The highest BCUT2D eigenvalue weighted by Gasteiger charge is 2.34. The smallest absolute Gasteiger partial charge is 0.271 e. The van der Waals surface area contributed by atoms with E-state index < -0.39 is 30.2 Å². The third kappa shape index (κ3) is 7.59. The average Bonchev–Trinajstić information content (AvgIpc) is 3.32. The van der Waals surface area contributed by atoms with E-state index >= 15 is 0 Å². The minimum atomic E-state index is -1.41. The third-order valence-electron chi connectivity index (χ3n) is 5.53. The Bertz CT molecular complexity index is 1080. The molecule has 0 spiro atoms. The van der Waals surface area contributed by atoms with E-state index in [1.807, 2.05) is 30.3 Å². The van der Waals surface area contributed by atoms with Crippen LogP contribution in [0.3, 0.4) is 0 Å². The normalized spacial score (nSPS) is 14.5. The molecule has 35 heavy (non-hydrogen) atoms. The summed E-state index contributed by atoms with van der Waals surface area (Å²) >= 11 is 1.13. The summed E-state index contributed by atoms with van der Waals surface area (Å²) < 4.78 is 5.14. The first-order chi connectivity index (χ1) is 16.9. The number of nitrogen functional groups attached to an aromatic ring is 1. The van der Waals surface area contributed by atoms with Crippen molar-refractivity contribution in [3.05, 3.63) is 82.9 Å². The summed E-state index contributed by atoms with van der Waals surface area (Å²) in [6.07, 6.45) is -2.31. The van der Waals surface area contributed by atoms with Gasteiger partial charge in [-0.2, -0.15) is 0 Å². The number of hydrogen-bond acceptors (Lipinski definition) is 8. The van der Waals surface area contributed by atoms with Gasteiger partial charge < -0.3 is 31.3 Å². The standard InChI is InChI=1S/C25H30N4O5S/c1-34-13-12-18(27-23(32)17-10-6-3-7-11-17)21(30)22(31)19(14-16-8-4-2-5-9-16)28-24(33)20-15-35-25(26)29-20/h2-11,15,18-19,21-22,30-31H,12-14H2,1H3,(H2,26,29)(H,27,32)(H,28,33)/t18-,19+,21-,22-/m1/s1. The molecular formula is C25H30N4O5S. The lowest BCUT2D eigenvalue weighted by molar-refractivity contribution is -0.0269. The van der Waals surface area contributed by atoms with Crippen molar-refractivity contribution in [2.24, 2.45) is 0 Å². The molecule has 186 valence electrons. The first kappa shape index (κ1) is 26.3. The Morgan fingerprint density at radius 1 is 0.971 bits per heavy atom. The molecule has 9 nitrogen and oxygen atoms in total. The number of carbonyl (C=O) groups excluding carboxylic acids is 2. The van der Waals surface area contributed by atoms with Crippen LogP contribution in [0.25, 0.3) is 0 Å². The van der Waals surface area contributed by atoms with Gasteiger partial charge in [-0.05, 0) is 30.5 Å². The summed E-state index contributed by atoms with van der Waals surface area (Å²) in [5.74, 6) is -0.911. The van der Waals surface area contributed by atoms with Crippen LogP contribution in [-0.2, 0) is 11.2 Å². The summed E-state index contributed by atoms with van der Waals surface area (Å²) in [5, 5.41) is 29.6. The number of methoxy groups -OCH3 is 1. The Morgan fingerprint density at radius 3 is 2.17 bits per heavy atom. The number of benzene rings is 2. The van der Waals surface area contributed by atoms with Gasteiger partial charge in [0.05, 0.1) is 12.1 Å². The van der Waals surface area contributed by atoms with Gasteiger partial charge in [0.15, 0.2) is 5.13 Å². The van der Waals surface area contributed by atoms with Crippen LogP contribution in [0.5, 0.6) is 0 Å². The maximum Gasteiger partial charge on any atom is 0.271 e. The molecule has 6 N–H and O–H groups in total. The second-order valence-corrected chi connectivity index (χ2v) is 8.94. The largest absolute Gasteiger partial charge is 0.388 e. The predicted octanol–water partition coefficient (Wildman–Crippen LogP) is 1.62. The quantitative estimate of drug-likeness (QED) is 0.255. The molecule has 0 aliphatic rings. The number of anilines is 1. The molecule has 0 fully saturated rings. The Hall–Kier alpha value is -3.31. The molecule has 0 aliphatic heterocycles. The van der Waals surface area contributed by atoms with Gasteiger partial charge in [0.1, 0.15) is 17.9 Å². The number of nitrogens with one attached hydrogen (secondary N) is 2. The van der Waals surface area contributed by atoms with Gasteiger partial charge in [0.25, 0.3) is 11.8 Å². The average molecular weight is 499 g/mol. The van der Waals surface area contributed by atoms with E-state index in [9.17, 15) is 19.8 Å². The van der Waals surface area contributed by atoms with Gasteiger partial charge in [0, 0.05) is 24.7 Å². The van der Waals surface area contributed by atoms with Crippen LogP contribution in [0.4, 0.5) is 5.13 Å². The predicted molar refractivity (Wildman–Crippen MR) is 134 cm³/mol. The van der Waals surface area contributed by atoms with Crippen LogP contribution in [-0.4, -0.2) is 65.0 Å². The molecule has 4 atom stereocenters. The molecule has 1 aromatic heterocycles. The number of rotatable bonds is 12. The lowest BCUT2D eigenvalue weighted by Crippen LogP contribution is -2.57. The Balaban J connectivity index is 1.80. The first-order valence-electron chi connectivity index (χ1n) is 11.2. The lowest BCUT2D eigenvalue weighted by Gasteiger charge is -2.33. The van der Waals surface area contributed by atoms with Crippen molar-refractivity contribution in [1.29, 1.82) is 0 Å². The lowest BCUT2D eigenvalue weighted by atomic mass is 9.92. The van der Waals surface area contributed by atoms with E-state index in [1.54, 1.807) is 30.3 Å². The Labute approximate surface area is 208 Å². The number of thiazole rings is 1. The molecule has 3 aromatic rings. The number of aromatic nitrogens is 1. The summed E-state index contributed by atoms with van der Waals surface area (Å²) in [6, 6.07) is 16.2. The van der Waals surface area contributed by atoms with Gasteiger partial charge >= 0.3 is 0 Å². The maximum absolute atomic E-state index is 12.8. The van der Waals surface area contributed by atoms with E-state index in [-0.39, 0.29) is 36.2 Å². The van der Waals surface area contributed by atoms with Gasteiger partial charge in [-0.3, -0.25) is 9.59 Å². The highest BCUT2D eigenvalue weighted by atomic mass is 32.1. The zero-order chi connectivity index (χ0) is 25.2. The van der Waals surface area contributed by atoms with Crippen LogP contribution >= 0.6 is 11.3 Å². The van der Waals surface area contributed by atoms with Crippen LogP contribution < -0.4 is 16.4 Å². The number of nitrogens with two attached hydrogens (primary N) is 1. The van der Waals surface area contributed by atoms with E-state index in [0.717, 1.165) is 16.9 Å². The zero-order valence-corrected chi connectivity index (χ0v) is 20.2. The summed E-state index contributed by atoms with van der Waals surface area (Å²) in [7, 11) is 1.51. The number of aliphatic hydroxyl groups is 2. The molecular weight excluding hydrogens is 468 g/mol. The highest BCUT2D eigenvalue weighted by molar-refractivity contribution is 7.13. The third-order valence-corrected chi connectivity index (χ3v) is 6.20. The van der Waals surface area contributed by atoms with Crippen molar-refractivity contribution < 1.29 is 24.5 Å². The number of hydrogen-bond donors (Lipinski definition) is 5. The summed E-state index contributed by atoms with van der Waals surface area (Å²) in [6.45, 7) is 0.247. The molecule has 0 radical (unpaired) electrons. The second kappa shape index (κ2) is 13.0. The molecule has 0 bridgehead atoms. The van der Waals surface area contributed by atoms with Crippen LogP contribution in [0.2, 0.25) is 0 Å². The number of ether oxygens (including phenoxy) is 1. The molecule has 2 aromatic carbocycles. The fourth-order valence-electron chi connectivity index (χ4n) is 3.65. The van der Waals surface area contributed by atoms with Crippen LogP contribution in [0, 0.1) is 0 Å². The van der Waals surface area contributed by atoms with Crippen molar-refractivity contribution in [2.45, 2.75) is 37.1 Å². The van der Waals surface area contributed by atoms with Crippen molar-refractivity contribution in [2.75, 3.05) is 19.5 Å². The molecule has 3 rings (SSSR count). The summed E-state index contributed by atoms with van der Waals surface area (Å²) in [4.78, 5) is 29.5. The fourth-order valence-corrected chi connectivity index (χ4v) is 4.19. The molecule has 10 heteroatoms. The highest BCUT2D eigenvalue weighted by Crippen LogP contribution is 2.16. The van der Waals surface area contributed by atoms with E-state index in [2.05, 4.69) is 15.6 Å². The first-order valence-corrected chi connectivity index (χ1v) is 12.0. The van der Waals surface area contributed by atoms with E-state index in [4.69, 9.17) is 10.5 Å². The topological polar surface area (TPSA) is 147 Å². The Morgan fingerprint density at radius 2 is 1.57 bits per heavy atom. The number of carbonyl (C=O) groups is 2. The molecule has 0 saturated heterocycles. The maximum atomic E-state index is 12.8.